The standard InChI is InChI=1S/C12H15Br2N5S/c13-8-5-9(20-10(8)14)11-16-12(18-17-11)19-3-1-7(6-15)2-4-19/h5,7H,1-4,6,15H2,(H,16,17,18). The fourth-order valence-electron chi connectivity index (χ4n) is 2.34. The Bertz CT molecular complexity index is 569. The molecule has 0 spiro atoms. The Labute approximate surface area is 138 Å². The Morgan fingerprint density at radius 1 is 1.40 bits per heavy atom. The molecule has 0 aliphatic carbocycles. The summed E-state index contributed by atoms with van der Waals surface area (Å²) in [6, 6.07) is 2.04. The lowest BCUT2D eigenvalue weighted by atomic mass is 9.97. The van der Waals surface area contributed by atoms with E-state index in [4.69, 9.17) is 5.73 Å². The molecule has 0 unspecified atom stereocenters. The molecule has 2 aromatic heterocycles. The monoisotopic (exact) mass is 419 g/mol. The third-order valence-electron chi connectivity index (χ3n) is 3.58. The molecular weight excluding hydrogens is 406 g/mol. The molecule has 20 heavy (non-hydrogen) atoms. The van der Waals surface area contributed by atoms with Crippen LogP contribution < -0.4 is 10.6 Å². The van der Waals surface area contributed by atoms with Gasteiger partial charge in [0.15, 0.2) is 5.82 Å². The SMILES string of the molecule is NCC1CCN(c2n[nH]c(-c3cc(Br)c(Br)s3)n2)CC1. The molecule has 1 aliphatic rings. The number of thiophene rings is 1. The zero-order chi connectivity index (χ0) is 14.1. The molecule has 8 heteroatoms. The molecule has 0 saturated carbocycles. The number of nitrogens with zero attached hydrogens (tertiary/aromatic N) is 3. The highest BCUT2D eigenvalue weighted by Gasteiger charge is 2.21. The summed E-state index contributed by atoms with van der Waals surface area (Å²) in [5.74, 6) is 2.25. The molecule has 1 fully saturated rings. The van der Waals surface area contributed by atoms with Crippen LogP contribution >= 0.6 is 43.2 Å². The van der Waals surface area contributed by atoms with E-state index < -0.39 is 0 Å². The maximum absolute atomic E-state index is 5.72. The second-order valence-electron chi connectivity index (χ2n) is 4.88. The van der Waals surface area contributed by atoms with E-state index in [1.807, 2.05) is 6.07 Å². The van der Waals surface area contributed by atoms with Crippen LogP contribution in [0.4, 0.5) is 5.95 Å². The first kappa shape index (κ1) is 14.5. The molecular formula is C12H15Br2N5S. The van der Waals surface area contributed by atoms with Gasteiger partial charge in [-0.1, -0.05) is 0 Å². The summed E-state index contributed by atoms with van der Waals surface area (Å²) in [5, 5.41) is 7.37. The summed E-state index contributed by atoms with van der Waals surface area (Å²) in [6.45, 7) is 2.75. The number of hydrogen-bond acceptors (Lipinski definition) is 5. The largest absolute Gasteiger partial charge is 0.340 e. The number of hydrogen-bond donors (Lipinski definition) is 2. The number of anilines is 1. The minimum Gasteiger partial charge on any atom is -0.340 e. The highest BCUT2D eigenvalue weighted by Crippen LogP contribution is 2.37. The van der Waals surface area contributed by atoms with Gasteiger partial charge in [0.25, 0.3) is 0 Å². The van der Waals surface area contributed by atoms with Gasteiger partial charge in [-0.2, -0.15) is 4.98 Å². The molecule has 0 amide bonds. The van der Waals surface area contributed by atoms with Crippen molar-refractivity contribution in [3.8, 4) is 10.7 Å². The van der Waals surface area contributed by atoms with Gasteiger partial charge < -0.3 is 10.6 Å². The van der Waals surface area contributed by atoms with Crippen molar-refractivity contribution >= 4 is 49.1 Å². The molecule has 5 nitrogen and oxygen atoms in total. The molecule has 0 atom stereocenters. The zero-order valence-electron chi connectivity index (χ0n) is 10.8. The quantitative estimate of drug-likeness (QED) is 0.799. The summed E-state index contributed by atoms with van der Waals surface area (Å²) in [5.41, 5.74) is 5.72. The van der Waals surface area contributed by atoms with Crippen LogP contribution in [-0.4, -0.2) is 34.8 Å². The first-order valence-corrected chi connectivity index (χ1v) is 8.90. The van der Waals surface area contributed by atoms with E-state index >= 15 is 0 Å². The molecule has 3 heterocycles. The third-order valence-corrected chi connectivity index (χ3v) is 6.85. The predicted octanol–water partition coefficient (Wildman–Crippen LogP) is 3.23. The van der Waals surface area contributed by atoms with E-state index in [0.29, 0.717) is 5.92 Å². The minimum absolute atomic E-state index is 0.647. The number of nitrogens with two attached hydrogens (primary N) is 1. The van der Waals surface area contributed by atoms with Crippen LogP contribution in [0.5, 0.6) is 0 Å². The lowest BCUT2D eigenvalue weighted by Crippen LogP contribution is -2.36. The van der Waals surface area contributed by atoms with Crippen LogP contribution in [0, 0.1) is 5.92 Å². The Hall–Kier alpha value is -0.440. The third kappa shape index (κ3) is 2.93. The van der Waals surface area contributed by atoms with E-state index in [2.05, 4.69) is 51.9 Å². The molecule has 3 rings (SSSR count). The maximum Gasteiger partial charge on any atom is 0.245 e. The summed E-state index contributed by atoms with van der Waals surface area (Å²) < 4.78 is 2.11. The van der Waals surface area contributed by atoms with Gasteiger partial charge in [0.1, 0.15) is 0 Å². The van der Waals surface area contributed by atoms with E-state index in [0.717, 1.165) is 57.4 Å². The zero-order valence-corrected chi connectivity index (χ0v) is 14.8. The van der Waals surface area contributed by atoms with E-state index in [-0.39, 0.29) is 0 Å². The van der Waals surface area contributed by atoms with Crippen LogP contribution in [0.3, 0.4) is 0 Å². The van der Waals surface area contributed by atoms with Crippen LogP contribution in [0.2, 0.25) is 0 Å². The predicted molar refractivity (Wildman–Crippen MR) is 89.1 cm³/mol. The van der Waals surface area contributed by atoms with Crippen molar-refractivity contribution in [3.63, 3.8) is 0 Å². The number of piperidine rings is 1. The van der Waals surface area contributed by atoms with E-state index in [1.54, 1.807) is 11.3 Å². The molecule has 3 N–H and O–H groups in total. The number of nitrogens with one attached hydrogen (secondary N) is 1. The van der Waals surface area contributed by atoms with E-state index in [9.17, 15) is 0 Å². The topological polar surface area (TPSA) is 70.8 Å². The van der Waals surface area contributed by atoms with Crippen LogP contribution in [-0.2, 0) is 0 Å². The van der Waals surface area contributed by atoms with Crippen LogP contribution in [0.25, 0.3) is 10.7 Å². The van der Waals surface area contributed by atoms with Crippen molar-refractivity contribution in [2.75, 3.05) is 24.5 Å². The van der Waals surface area contributed by atoms with Crippen molar-refractivity contribution in [2.45, 2.75) is 12.8 Å². The van der Waals surface area contributed by atoms with Gasteiger partial charge in [-0.25, -0.2) is 0 Å². The first-order valence-electron chi connectivity index (χ1n) is 6.50. The molecule has 0 bridgehead atoms. The Morgan fingerprint density at radius 2 is 2.15 bits per heavy atom. The maximum atomic E-state index is 5.72. The van der Waals surface area contributed by atoms with Crippen molar-refractivity contribution < 1.29 is 0 Å². The molecule has 1 aliphatic heterocycles. The Balaban J connectivity index is 1.74. The fraction of sp³-hybridized carbons (Fsp3) is 0.500. The van der Waals surface area contributed by atoms with Crippen LogP contribution in [0.15, 0.2) is 14.3 Å². The highest BCUT2D eigenvalue weighted by molar-refractivity contribution is 9.13. The lowest BCUT2D eigenvalue weighted by molar-refractivity contribution is 0.411. The second kappa shape index (κ2) is 6.13. The second-order valence-corrected chi connectivity index (χ2v) is 8.11. The molecule has 2 aromatic rings. The normalized spacial score (nSPS) is 16.9. The summed E-state index contributed by atoms with van der Waals surface area (Å²) in [6.07, 6.45) is 2.24. The van der Waals surface area contributed by atoms with Crippen molar-refractivity contribution in [1.82, 2.24) is 15.2 Å². The van der Waals surface area contributed by atoms with Gasteiger partial charge in [-0.15, -0.1) is 16.4 Å². The number of aromatic nitrogens is 3. The Morgan fingerprint density at radius 3 is 2.75 bits per heavy atom. The first-order chi connectivity index (χ1) is 9.67. The molecule has 0 aromatic carbocycles. The summed E-state index contributed by atoms with van der Waals surface area (Å²) in [7, 11) is 0. The number of H-pyrrole nitrogens is 1. The summed E-state index contributed by atoms with van der Waals surface area (Å²) >= 11 is 8.62. The number of halogens is 2. The average molecular weight is 421 g/mol. The fourth-order valence-corrected chi connectivity index (χ4v) is 4.31. The molecule has 0 radical (unpaired) electrons. The Kier molecular flexibility index (Phi) is 4.44. The van der Waals surface area contributed by atoms with Gasteiger partial charge in [0.05, 0.1) is 8.66 Å². The summed E-state index contributed by atoms with van der Waals surface area (Å²) in [4.78, 5) is 7.90. The van der Waals surface area contributed by atoms with E-state index in [1.165, 1.54) is 0 Å². The number of rotatable bonds is 3. The minimum atomic E-state index is 0.647. The van der Waals surface area contributed by atoms with Gasteiger partial charge in [0, 0.05) is 17.6 Å². The van der Waals surface area contributed by atoms with Gasteiger partial charge in [0.2, 0.25) is 5.95 Å². The lowest BCUT2D eigenvalue weighted by Gasteiger charge is -2.30. The van der Waals surface area contributed by atoms with Crippen molar-refractivity contribution in [1.29, 1.82) is 0 Å². The van der Waals surface area contributed by atoms with Crippen LogP contribution in [0.1, 0.15) is 12.8 Å². The van der Waals surface area contributed by atoms with Gasteiger partial charge >= 0.3 is 0 Å². The van der Waals surface area contributed by atoms with Crippen molar-refractivity contribution in [2.24, 2.45) is 11.7 Å². The van der Waals surface area contributed by atoms with Gasteiger partial charge in [-0.3, -0.25) is 5.10 Å². The number of aromatic amines is 1. The average Bonchev–Trinajstić information content (AvgIpc) is 3.07. The molecule has 1 saturated heterocycles. The molecule has 108 valence electrons. The van der Waals surface area contributed by atoms with Crippen molar-refractivity contribution in [3.05, 3.63) is 14.3 Å². The smallest absolute Gasteiger partial charge is 0.245 e. The highest BCUT2D eigenvalue weighted by atomic mass is 79.9. The van der Waals surface area contributed by atoms with Gasteiger partial charge in [-0.05, 0) is 63.2 Å².